The van der Waals surface area contributed by atoms with Gasteiger partial charge in [0, 0.05) is 62.6 Å². The van der Waals surface area contributed by atoms with E-state index in [4.69, 9.17) is 9.90 Å². The van der Waals surface area contributed by atoms with Crippen LogP contribution in [0.4, 0.5) is 24.7 Å². The van der Waals surface area contributed by atoms with E-state index in [1.54, 1.807) is 30.6 Å². The van der Waals surface area contributed by atoms with Crippen LogP contribution in [0.2, 0.25) is 0 Å². The van der Waals surface area contributed by atoms with Gasteiger partial charge < -0.3 is 20.4 Å². The highest BCUT2D eigenvalue weighted by Crippen LogP contribution is 2.24. The van der Waals surface area contributed by atoms with Crippen molar-refractivity contribution in [2.24, 2.45) is 0 Å². The molecule has 4 rings (SSSR count). The second kappa shape index (κ2) is 13.1. The number of piperidine rings is 1. The molecule has 3 heterocycles. The lowest BCUT2D eigenvalue weighted by molar-refractivity contribution is -0.192. The molecular weight excluding hydrogens is 515 g/mol. The number of aromatic hydroxyl groups is 1. The van der Waals surface area contributed by atoms with Gasteiger partial charge in [-0.25, -0.2) is 9.78 Å². The third-order valence-electron chi connectivity index (χ3n) is 6.20. The fourth-order valence-electron chi connectivity index (χ4n) is 4.06. The molecule has 0 aliphatic carbocycles. The number of alkyl halides is 3. The number of benzene rings is 1. The number of carboxylic acid groups (broad SMARTS) is 1. The van der Waals surface area contributed by atoms with Crippen molar-refractivity contribution in [1.82, 2.24) is 14.9 Å². The zero-order chi connectivity index (χ0) is 28.6. The molecule has 1 aromatic carbocycles. The molecule has 2 aromatic heterocycles. The van der Waals surface area contributed by atoms with Gasteiger partial charge in [0.25, 0.3) is 5.91 Å². The minimum Gasteiger partial charge on any atom is -0.508 e. The van der Waals surface area contributed by atoms with Gasteiger partial charge in [0.15, 0.2) is 0 Å². The number of carboxylic acids is 1. The summed E-state index contributed by atoms with van der Waals surface area (Å²) in [5, 5.41) is 19.7. The number of amides is 1. The molecule has 1 amide bonds. The van der Waals surface area contributed by atoms with Gasteiger partial charge in [0.2, 0.25) is 0 Å². The van der Waals surface area contributed by atoms with Crippen LogP contribution in [0.25, 0.3) is 0 Å². The third-order valence-corrected chi connectivity index (χ3v) is 6.20. The first-order chi connectivity index (χ1) is 18.4. The molecule has 12 heteroatoms. The van der Waals surface area contributed by atoms with E-state index in [9.17, 15) is 23.1 Å². The smallest absolute Gasteiger partial charge is 0.490 e. The van der Waals surface area contributed by atoms with Gasteiger partial charge >= 0.3 is 12.1 Å². The van der Waals surface area contributed by atoms with E-state index in [1.807, 2.05) is 37.3 Å². The largest absolute Gasteiger partial charge is 0.508 e. The first-order valence-corrected chi connectivity index (χ1v) is 12.2. The van der Waals surface area contributed by atoms with Crippen LogP contribution >= 0.6 is 0 Å². The maximum Gasteiger partial charge on any atom is 0.490 e. The normalized spacial score (nSPS) is 14.2. The number of carbonyl (C=O) groups is 2. The molecule has 1 aliphatic heterocycles. The molecule has 0 radical (unpaired) electrons. The Morgan fingerprint density at radius 3 is 2.38 bits per heavy atom. The number of hydrogen-bond acceptors (Lipinski definition) is 7. The number of aliphatic carboxylic acids is 1. The fraction of sp³-hybridized carbons (Fsp3) is 0.333. The summed E-state index contributed by atoms with van der Waals surface area (Å²) in [5.41, 5.74) is 3.25. The fourth-order valence-corrected chi connectivity index (χ4v) is 4.06. The Kier molecular flexibility index (Phi) is 9.83. The molecule has 3 aromatic rings. The molecule has 3 N–H and O–H groups in total. The highest BCUT2D eigenvalue weighted by Gasteiger charge is 2.38. The maximum absolute atomic E-state index is 12.5. The summed E-state index contributed by atoms with van der Waals surface area (Å²) in [4.78, 5) is 34.7. The number of hydrogen-bond donors (Lipinski definition) is 3. The number of nitrogens with zero attached hydrogens (tertiary/aromatic N) is 4. The predicted octanol–water partition coefficient (Wildman–Crippen LogP) is 4.48. The Morgan fingerprint density at radius 1 is 1.10 bits per heavy atom. The van der Waals surface area contributed by atoms with Crippen LogP contribution in [0.3, 0.4) is 0 Å². The van der Waals surface area contributed by atoms with Crippen molar-refractivity contribution in [3.05, 3.63) is 77.7 Å². The molecule has 0 spiro atoms. The van der Waals surface area contributed by atoms with Crippen LogP contribution in [0.15, 0.2) is 60.9 Å². The van der Waals surface area contributed by atoms with Crippen LogP contribution in [0, 0.1) is 6.92 Å². The summed E-state index contributed by atoms with van der Waals surface area (Å²) in [6, 6.07) is 15.2. The lowest BCUT2D eigenvalue weighted by Gasteiger charge is -2.37. The zero-order valence-corrected chi connectivity index (χ0v) is 21.5. The zero-order valence-electron chi connectivity index (χ0n) is 21.5. The lowest BCUT2D eigenvalue weighted by Crippen LogP contribution is -2.43. The van der Waals surface area contributed by atoms with E-state index in [0.717, 1.165) is 49.6 Å². The maximum atomic E-state index is 12.5. The summed E-state index contributed by atoms with van der Waals surface area (Å²) in [5.74, 6) is -1.78. The summed E-state index contributed by atoms with van der Waals surface area (Å²) < 4.78 is 31.7. The number of phenolic OH excluding ortho intramolecular Hbond substituents is 1. The van der Waals surface area contributed by atoms with Crippen LogP contribution < -0.4 is 10.2 Å². The van der Waals surface area contributed by atoms with Crippen molar-refractivity contribution in [3.8, 4) is 5.75 Å². The van der Waals surface area contributed by atoms with Gasteiger partial charge in [-0.1, -0.05) is 12.1 Å². The molecule has 1 fully saturated rings. The van der Waals surface area contributed by atoms with E-state index in [1.165, 1.54) is 0 Å². The molecule has 1 aliphatic rings. The van der Waals surface area contributed by atoms with E-state index in [0.29, 0.717) is 23.0 Å². The number of anilines is 2. The number of phenols is 1. The van der Waals surface area contributed by atoms with Crippen LogP contribution in [-0.4, -0.2) is 69.3 Å². The Morgan fingerprint density at radius 2 is 1.79 bits per heavy atom. The number of halogens is 3. The van der Waals surface area contributed by atoms with Crippen molar-refractivity contribution in [2.45, 2.75) is 38.5 Å². The van der Waals surface area contributed by atoms with Crippen molar-refractivity contribution in [2.75, 3.05) is 30.4 Å². The molecule has 9 nitrogen and oxygen atoms in total. The average molecular weight is 546 g/mol. The number of rotatable bonds is 6. The number of carbonyl (C=O) groups excluding carboxylic acids is 1. The summed E-state index contributed by atoms with van der Waals surface area (Å²) in [6.45, 7) is 4.71. The number of likely N-dealkylation sites (tertiary alicyclic amines) is 1. The molecule has 0 saturated carbocycles. The first kappa shape index (κ1) is 29.4. The second-order valence-corrected chi connectivity index (χ2v) is 9.14. The Hall–Kier alpha value is -4.19. The summed E-state index contributed by atoms with van der Waals surface area (Å²) >= 11 is 0. The Labute approximate surface area is 223 Å². The van der Waals surface area contributed by atoms with E-state index < -0.39 is 12.1 Å². The monoisotopic (exact) mass is 545 g/mol. The molecule has 0 bridgehead atoms. The molecule has 208 valence electrons. The Bertz CT molecular complexity index is 1260. The molecule has 0 unspecified atom stereocenters. The van der Waals surface area contributed by atoms with E-state index >= 15 is 0 Å². The van der Waals surface area contributed by atoms with Gasteiger partial charge in [-0.15, -0.1) is 0 Å². The van der Waals surface area contributed by atoms with Crippen molar-refractivity contribution in [1.29, 1.82) is 0 Å². The van der Waals surface area contributed by atoms with E-state index in [2.05, 4.69) is 32.1 Å². The minimum absolute atomic E-state index is 0.183. The van der Waals surface area contributed by atoms with Crippen LogP contribution in [0.1, 0.15) is 34.5 Å². The number of aryl methyl sites for hydroxylation is 1. The van der Waals surface area contributed by atoms with Gasteiger partial charge in [0.1, 0.15) is 11.6 Å². The summed E-state index contributed by atoms with van der Waals surface area (Å²) in [6.07, 6.45) is 0.292. The van der Waals surface area contributed by atoms with Crippen molar-refractivity contribution < 1.29 is 33.0 Å². The third kappa shape index (κ3) is 8.95. The first-order valence-electron chi connectivity index (χ1n) is 12.2. The molecule has 1 saturated heterocycles. The molecule has 0 atom stereocenters. The standard InChI is InChI=1S/C25H29N5O2.C2HF3O2/c1-18-6-7-20(16-27-18)25(32)28-21-8-11-26-24(15-21)29(2)22-9-12-30(13-10-22)17-19-4-3-5-23(31)14-19;3-2(4,5)1(6)7/h3-8,11,14-16,22,31H,9-10,12-13,17H2,1-2H3,(H,26,28,32);(H,6,7). The number of aromatic nitrogens is 2. The lowest BCUT2D eigenvalue weighted by atomic mass is 10.0. The quantitative estimate of drug-likeness (QED) is 0.415. The number of pyridine rings is 2. The van der Waals surface area contributed by atoms with Crippen molar-refractivity contribution >= 4 is 23.4 Å². The topological polar surface area (TPSA) is 119 Å². The summed E-state index contributed by atoms with van der Waals surface area (Å²) in [7, 11) is 2.06. The van der Waals surface area contributed by atoms with Crippen LogP contribution in [0.5, 0.6) is 5.75 Å². The van der Waals surface area contributed by atoms with Gasteiger partial charge in [-0.05, 0) is 55.7 Å². The SMILES string of the molecule is Cc1ccc(C(=O)Nc2ccnc(N(C)C3CCN(Cc4cccc(O)c4)CC3)c2)cn1.O=C(O)C(F)(F)F. The molecule has 39 heavy (non-hydrogen) atoms. The minimum atomic E-state index is -5.08. The number of nitrogens with one attached hydrogen (secondary N) is 1. The highest BCUT2D eigenvalue weighted by molar-refractivity contribution is 6.04. The highest BCUT2D eigenvalue weighted by atomic mass is 19.4. The average Bonchev–Trinajstić information content (AvgIpc) is 2.89. The van der Waals surface area contributed by atoms with Gasteiger partial charge in [-0.3, -0.25) is 14.7 Å². The molecular formula is C27H30F3N5O4. The van der Waals surface area contributed by atoms with Crippen molar-refractivity contribution in [3.63, 3.8) is 0 Å². The Balaban J connectivity index is 0.000000532. The van der Waals surface area contributed by atoms with Gasteiger partial charge in [-0.2, -0.15) is 13.2 Å². The second-order valence-electron chi connectivity index (χ2n) is 9.14. The predicted molar refractivity (Wildman–Crippen MR) is 140 cm³/mol. The van der Waals surface area contributed by atoms with Gasteiger partial charge in [0.05, 0.1) is 5.56 Å². The van der Waals surface area contributed by atoms with E-state index in [-0.39, 0.29) is 5.91 Å². The van der Waals surface area contributed by atoms with Crippen LogP contribution in [-0.2, 0) is 11.3 Å².